The monoisotopic (exact) mass is 396 g/mol. The average Bonchev–Trinajstić information content (AvgIpc) is 2.80. The lowest BCUT2D eigenvalue weighted by atomic mass is 10.2. The topological polar surface area (TPSA) is 82.1 Å². The molecule has 0 spiro atoms. The zero-order valence-corrected chi connectivity index (χ0v) is 17.0. The van der Waals surface area contributed by atoms with Gasteiger partial charge in [-0.05, 0) is 36.4 Å². The molecule has 1 aliphatic rings. The van der Waals surface area contributed by atoms with E-state index in [2.05, 4.69) is 30.4 Å². The number of benzene rings is 1. The highest BCUT2D eigenvalue weighted by Gasteiger charge is 2.20. The number of rotatable bonds is 6. The number of hydrogen-bond donors (Lipinski definition) is 2. The van der Waals surface area contributed by atoms with Gasteiger partial charge >= 0.3 is 0 Å². The molecule has 2 heterocycles. The van der Waals surface area contributed by atoms with Crippen LogP contribution < -0.4 is 20.3 Å². The lowest BCUT2D eigenvalue weighted by molar-refractivity contribution is 0.0954. The molecule has 1 aromatic carbocycles. The Morgan fingerprint density at radius 3 is 2.41 bits per heavy atom. The Hall–Kier alpha value is -3.29. The fraction of sp³-hybridized carbons (Fsp3) is 0.381. The Labute approximate surface area is 171 Å². The summed E-state index contributed by atoms with van der Waals surface area (Å²) in [6.45, 7) is 4.65. The van der Waals surface area contributed by atoms with Gasteiger partial charge in [0.15, 0.2) is 5.96 Å². The Morgan fingerprint density at radius 2 is 1.79 bits per heavy atom. The number of ether oxygens (including phenoxy) is 1. The van der Waals surface area contributed by atoms with Crippen LogP contribution in [-0.2, 0) is 0 Å². The van der Waals surface area contributed by atoms with Crippen LogP contribution in [0.3, 0.4) is 0 Å². The molecule has 29 heavy (non-hydrogen) atoms. The molecule has 0 unspecified atom stereocenters. The summed E-state index contributed by atoms with van der Waals surface area (Å²) in [5, 5.41) is 6.24. The van der Waals surface area contributed by atoms with E-state index in [-0.39, 0.29) is 5.91 Å². The van der Waals surface area contributed by atoms with Crippen LogP contribution >= 0.6 is 0 Å². The highest BCUT2D eigenvalue weighted by molar-refractivity contribution is 5.94. The molecule has 0 saturated carbocycles. The van der Waals surface area contributed by atoms with Crippen molar-refractivity contribution in [1.82, 2.24) is 20.5 Å². The van der Waals surface area contributed by atoms with Crippen molar-refractivity contribution < 1.29 is 9.53 Å². The van der Waals surface area contributed by atoms with E-state index in [9.17, 15) is 4.79 Å². The van der Waals surface area contributed by atoms with E-state index in [4.69, 9.17) is 4.74 Å². The average molecular weight is 396 g/mol. The summed E-state index contributed by atoms with van der Waals surface area (Å²) in [4.78, 5) is 25.5. The van der Waals surface area contributed by atoms with Gasteiger partial charge in [-0.25, -0.2) is 4.98 Å². The zero-order valence-electron chi connectivity index (χ0n) is 17.0. The molecule has 0 atom stereocenters. The Morgan fingerprint density at radius 1 is 1.07 bits per heavy atom. The Balaban J connectivity index is 1.40. The molecule has 1 fully saturated rings. The molecule has 154 valence electrons. The number of carbonyl (C=O) groups excluding carboxylic acids is 1. The van der Waals surface area contributed by atoms with Crippen molar-refractivity contribution in [3.63, 3.8) is 0 Å². The van der Waals surface area contributed by atoms with Gasteiger partial charge in [-0.15, -0.1) is 0 Å². The molecular weight excluding hydrogens is 368 g/mol. The largest absolute Gasteiger partial charge is 0.497 e. The summed E-state index contributed by atoms with van der Waals surface area (Å²) in [5.41, 5.74) is 0.612. The SMILES string of the molecule is CN=C(NCCNC(=O)c1ccc(OC)cc1)N1CCN(c2ccccn2)CC1. The first-order valence-corrected chi connectivity index (χ1v) is 9.75. The summed E-state index contributed by atoms with van der Waals surface area (Å²) in [6.07, 6.45) is 1.82. The maximum atomic E-state index is 12.2. The number of aromatic nitrogens is 1. The predicted octanol–water partition coefficient (Wildman–Crippen LogP) is 1.22. The number of anilines is 1. The van der Waals surface area contributed by atoms with Crippen molar-refractivity contribution >= 4 is 17.7 Å². The van der Waals surface area contributed by atoms with Crippen molar-refractivity contribution in [3.8, 4) is 5.75 Å². The van der Waals surface area contributed by atoms with Crippen LogP contribution in [0, 0.1) is 0 Å². The standard InChI is InChI=1S/C21H28N6O2/c1-22-21(27-15-13-26(14-16-27)19-5-3-4-10-23-19)25-12-11-24-20(28)17-6-8-18(29-2)9-7-17/h3-10H,11-16H2,1-2H3,(H,22,25)(H,24,28). The van der Waals surface area contributed by atoms with E-state index >= 15 is 0 Å². The number of nitrogens with zero attached hydrogens (tertiary/aromatic N) is 4. The number of piperazine rings is 1. The van der Waals surface area contributed by atoms with Crippen LogP contribution in [0.25, 0.3) is 0 Å². The third-order valence-electron chi connectivity index (χ3n) is 4.81. The van der Waals surface area contributed by atoms with Crippen LogP contribution in [0.5, 0.6) is 5.75 Å². The summed E-state index contributed by atoms with van der Waals surface area (Å²) in [7, 11) is 3.38. The van der Waals surface area contributed by atoms with Crippen molar-refractivity contribution in [2.45, 2.75) is 0 Å². The molecule has 2 aromatic rings. The van der Waals surface area contributed by atoms with Crippen LogP contribution in [0.1, 0.15) is 10.4 Å². The van der Waals surface area contributed by atoms with Crippen LogP contribution in [0.4, 0.5) is 5.82 Å². The molecule has 0 aliphatic carbocycles. The van der Waals surface area contributed by atoms with E-state index < -0.39 is 0 Å². The van der Waals surface area contributed by atoms with Gasteiger partial charge in [0.1, 0.15) is 11.6 Å². The molecule has 2 N–H and O–H groups in total. The van der Waals surface area contributed by atoms with Gasteiger partial charge in [0.2, 0.25) is 0 Å². The van der Waals surface area contributed by atoms with Gasteiger partial charge in [0.25, 0.3) is 5.91 Å². The van der Waals surface area contributed by atoms with E-state index in [0.717, 1.165) is 43.7 Å². The Bertz CT molecular complexity index is 802. The second-order valence-electron chi connectivity index (χ2n) is 6.62. The number of amides is 1. The van der Waals surface area contributed by atoms with Crippen molar-refractivity contribution in [2.75, 3.05) is 58.3 Å². The van der Waals surface area contributed by atoms with Crippen molar-refractivity contribution in [2.24, 2.45) is 4.99 Å². The minimum atomic E-state index is -0.103. The number of nitrogens with one attached hydrogen (secondary N) is 2. The summed E-state index contributed by atoms with van der Waals surface area (Å²) < 4.78 is 5.11. The second-order valence-corrected chi connectivity index (χ2v) is 6.62. The van der Waals surface area contributed by atoms with E-state index in [1.165, 1.54) is 0 Å². The predicted molar refractivity (Wildman–Crippen MR) is 115 cm³/mol. The van der Waals surface area contributed by atoms with E-state index in [1.807, 2.05) is 24.4 Å². The number of pyridine rings is 1. The molecule has 1 amide bonds. The van der Waals surface area contributed by atoms with Crippen molar-refractivity contribution in [1.29, 1.82) is 0 Å². The van der Waals surface area contributed by atoms with Gasteiger partial charge in [-0.1, -0.05) is 6.07 Å². The second kappa shape index (κ2) is 10.3. The molecule has 3 rings (SSSR count). The van der Waals surface area contributed by atoms with Crippen LogP contribution in [0.2, 0.25) is 0 Å². The fourth-order valence-corrected chi connectivity index (χ4v) is 3.22. The maximum Gasteiger partial charge on any atom is 0.251 e. The molecule has 8 nitrogen and oxygen atoms in total. The minimum Gasteiger partial charge on any atom is -0.497 e. The molecule has 8 heteroatoms. The molecule has 0 bridgehead atoms. The highest BCUT2D eigenvalue weighted by atomic mass is 16.5. The summed E-state index contributed by atoms with van der Waals surface area (Å²) >= 11 is 0. The first kappa shape index (κ1) is 20.4. The van der Waals surface area contributed by atoms with E-state index in [0.29, 0.717) is 18.7 Å². The van der Waals surface area contributed by atoms with Crippen LogP contribution in [0.15, 0.2) is 53.7 Å². The number of aliphatic imine (C=N–C) groups is 1. The summed E-state index contributed by atoms with van der Waals surface area (Å²) in [6, 6.07) is 13.0. The van der Waals surface area contributed by atoms with Crippen molar-refractivity contribution in [3.05, 3.63) is 54.2 Å². The molecule has 1 aliphatic heterocycles. The molecule has 0 radical (unpaired) electrons. The first-order valence-electron chi connectivity index (χ1n) is 9.75. The number of methoxy groups -OCH3 is 1. The van der Waals surface area contributed by atoms with Gasteiger partial charge in [0, 0.05) is 58.1 Å². The normalized spacial score (nSPS) is 14.5. The third kappa shape index (κ3) is 5.60. The third-order valence-corrected chi connectivity index (χ3v) is 4.81. The molecule has 1 saturated heterocycles. The lowest BCUT2D eigenvalue weighted by Gasteiger charge is -2.37. The van der Waals surface area contributed by atoms with Gasteiger partial charge in [-0.2, -0.15) is 0 Å². The Kier molecular flexibility index (Phi) is 7.27. The molecular formula is C21H28N6O2. The molecule has 1 aromatic heterocycles. The van der Waals surface area contributed by atoms with E-state index in [1.54, 1.807) is 38.4 Å². The number of hydrogen-bond acceptors (Lipinski definition) is 5. The number of guanidine groups is 1. The highest BCUT2D eigenvalue weighted by Crippen LogP contribution is 2.13. The number of carbonyl (C=O) groups is 1. The van der Waals surface area contributed by atoms with Gasteiger partial charge in [0.05, 0.1) is 7.11 Å². The lowest BCUT2D eigenvalue weighted by Crippen LogP contribution is -2.53. The smallest absolute Gasteiger partial charge is 0.251 e. The van der Waals surface area contributed by atoms with Crippen LogP contribution in [-0.4, -0.2) is 75.2 Å². The van der Waals surface area contributed by atoms with Gasteiger partial charge < -0.3 is 25.2 Å². The quantitative estimate of drug-likeness (QED) is 0.434. The zero-order chi connectivity index (χ0) is 20.5. The summed E-state index contributed by atoms with van der Waals surface area (Å²) in [5.74, 6) is 2.49. The fourth-order valence-electron chi connectivity index (χ4n) is 3.22. The minimum absolute atomic E-state index is 0.103. The first-order chi connectivity index (χ1) is 14.2. The van der Waals surface area contributed by atoms with Gasteiger partial charge in [-0.3, -0.25) is 9.79 Å². The maximum absolute atomic E-state index is 12.2.